The maximum atomic E-state index is 13.3. The quantitative estimate of drug-likeness (QED) is 0.400. The van der Waals surface area contributed by atoms with Gasteiger partial charge in [-0.2, -0.15) is 0 Å². The molecule has 0 aliphatic carbocycles. The molecule has 0 radical (unpaired) electrons. The molecule has 3 rings (SSSR count). The van der Waals surface area contributed by atoms with Crippen molar-refractivity contribution in [2.24, 2.45) is 5.41 Å². The van der Waals surface area contributed by atoms with Gasteiger partial charge in [0.25, 0.3) is 5.79 Å². The highest BCUT2D eigenvalue weighted by Crippen LogP contribution is 2.39. The van der Waals surface area contributed by atoms with Crippen LogP contribution in [-0.2, 0) is 15.3 Å². The zero-order valence-electron chi connectivity index (χ0n) is 13.5. The van der Waals surface area contributed by atoms with Gasteiger partial charge in [-0.15, -0.1) is 0 Å². The van der Waals surface area contributed by atoms with Crippen molar-refractivity contribution in [1.82, 2.24) is 0 Å². The Morgan fingerprint density at radius 2 is 1.33 bits per heavy atom. The maximum Gasteiger partial charge on any atom is 0.261 e. The molecule has 24 heavy (non-hydrogen) atoms. The smallest absolute Gasteiger partial charge is 0.261 e. The van der Waals surface area contributed by atoms with Crippen LogP contribution in [0.2, 0.25) is 0 Å². The first-order valence-electron chi connectivity index (χ1n) is 7.67. The third kappa shape index (κ3) is 3.68. The lowest BCUT2D eigenvalue weighted by Gasteiger charge is -2.42. The van der Waals surface area contributed by atoms with Crippen LogP contribution in [0.15, 0.2) is 48.5 Å². The first kappa shape index (κ1) is 18.3. The molecule has 3 nitrogen and oxygen atoms in total. The maximum absolute atomic E-state index is 13.3. The Morgan fingerprint density at radius 1 is 0.875 bits per heavy atom. The molecule has 126 valence electrons. The largest absolute Gasteiger partial charge is 0.339 e. The van der Waals surface area contributed by atoms with Crippen molar-refractivity contribution in [2.75, 3.05) is 13.2 Å². The monoisotopic (exact) mass is 548 g/mol. The summed E-state index contributed by atoms with van der Waals surface area (Å²) in [5.74, 6) is -1.53. The van der Waals surface area contributed by atoms with Gasteiger partial charge in [0.2, 0.25) is 5.78 Å². The molecule has 1 heterocycles. The summed E-state index contributed by atoms with van der Waals surface area (Å²) in [6.45, 7) is 5.07. The second-order valence-electron chi connectivity index (χ2n) is 6.70. The molecule has 0 bridgehead atoms. The van der Waals surface area contributed by atoms with Gasteiger partial charge in [0.15, 0.2) is 0 Å². The second-order valence-corrected chi connectivity index (χ2v) is 9.19. The minimum absolute atomic E-state index is 0.112. The highest BCUT2D eigenvalue weighted by Gasteiger charge is 2.48. The third-order valence-corrected chi connectivity index (χ3v) is 5.40. The number of benzene rings is 2. The van der Waals surface area contributed by atoms with Crippen molar-refractivity contribution in [1.29, 1.82) is 0 Å². The number of ether oxygens (including phenoxy) is 2. The van der Waals surface area contributed by atoms with Crippen molar-refractivity contribution in [3.63, 3.8) is 0 Å². The Bertz CT molecular complexity index is 726. The molecule has 0 aromatic heterocycles. The molecule has 2 aromatic rings. The van der Waals surface area contributed by atoms with E-state index >= 15 is 0 Å². The van der Waals surface area contributed by atoms with E-state index < -0.39 is 5.79 Å². The molecular formula is C19H18I2O3. The molecule has 0 N–H and O–H groups in total. The normalized spacial score (nSPS) is 19.0. The van der Waals surface area contributed by atoms with Crippen molar-refractivity contribution in [3.8, 4) is 0 Å². The topological polar surface area (TPSA) is 35.5 Å². The van der Waals surface area contributed by atoms with Crippen molar-refractivity contribution >= 4 is 51.0 Å². The van der Waals surface area contributed by atoms with E-state index in [0.29, 0.717) is 18.8 Å². The number of hydrogen-bond donors (Lipinski definition) is 0. The first-order valence-corrected chi connectivity index (χ1v) is 9.83. The minimum atomic E-state index is -1.37. The highest BCUT2D eigenvalue weighted by atomic mass is 127. The van der Waals surface area contributed by atoms with Crippen LogP contribution in [0.4, 0.5) is 0 Å². The van der Waals surface area contributed by atoms with Crippen LogP contribution in [0.1, 0.15) is 29.8 Å². The molecule has 0 atom stereocenters. The third-order valence-electron chi connectivity index (χ3n) is 3.96. The number of rotatable bonds is 3. The number of carbonyl (C=O) groups is 1. The number of ketones is 1. The molecule has 1 aliphatic heterocycles. The average Bonchev–Trinajstić information content (AvgIpc) is 2.56. The summed E-state index contributed by atoms with van der Waals surface area (Å²) in [7, 11) is 0. The first-order chi connectivity index (χ1) is 11.3. The summed E-state index contributed by atoms with van der Waals surface area (Å²) in [4.78, 5) is 13.3. The number of Topliss-reactive ketones (excluding diaryl/α,β-unsaturated/α-hetero) is 1. The molecular weight excluding hydrogens is 530 g/mol. The standard InChI is InChI=1S/C19H18I2O3/c1-18(2)11-23-19(24-12-18,14-5-9-16(21)10-6-14)17(22)13-3-7-15(20)8-4-13/h3-10H,11-12H2,1-2H3. The van der Waals surface area contributed by atoms with Crippen LogP contribution in [0.3, 0.4) is 0 Å². The van der Waals surface area contributed by atoms with E-state index in [2.05, 4.69) is 59.0 Å². The predicted octanol–water partition coefficient (Wildman–Crippen LogP) is 5.00. The lowest BCUT2D eigenvalue weighted by Crippen LogP contribution is -2.50. The van der Waals surface area contributed by atoms with Gasteiger partial charge in [-0.05, 0) is 69.4 Å². The molecule has 5 heteroatoms. The van der Waals surface area contributed by atoms with E-state index in [9.17, 15) is 4.79 Å². The van der Waals surface area contributed by atoms with E-state index in [4.69, 9.17) is 9.47 Å². The Labute approximate surface area is 169 Å². The summed E-state index contributed by atoms with van der Waals surface area (Å²) in [5.41, 5.74) is 1.22. The molecule has 0 unspecified atom stereocenters. The molecule has 0 spiro atoms. The molecule has 1 fully saturated rings. The summed E-state index contributed by atoms with van der Waals surface area (Å²) in [5, 5.41) is 0. The van der Waals surface area contributed by atoms with Crippen LogP contribution in [-0.4, -0.2) is 19.0 Å². The molecule has 0 amide bonds. The van der Waals surface area contributed by atoms with Crippen LogP contribution >= 0.6 is 45.2 Å². The van der Waals surface area contributed by atoms with E-state index in [1.54, 1.807) is 0 Å². The van der Waals surface area contributed by atoms with Gasteiger partial charge in [0, 0.05) is 23.7 Å². The van der Waals surface area contributed by atoms with E-state index in [0.717, 1.165) is 12.7 Å². The van der Waals surface area contributed by atoms with Crippen LogP contribution in [0.25, 0.3) is 0 Å². The van der Waals surface area contributed by atoms with E-state index in [1.807, 2.05) is 48.5 Å². The van der Waals surface area contributed by atoms with Gasteiger partial charge in [0.05, 0.1) is 13.2 Å². The number of halogens is 2. The fourth-order valence-electron chi connectivity index (χ4n) is 2.57. The fourth-order valence-corrected chi connectivity index (χ4v) is 3.29. The highest BCUT2D eigenvalue weighted by molar-refractivity contribution is 14.1. The van der Waals surface area contributed by atoms with E-state index in [-0.39, 0.29) is 11.2 Å². The van der Waals surface area contributed by atoms with Crippen LogP contribution in [0, 0.1) is 12.6 Å². The zero-order chi connectivity index (χ0) is 17.4. The van der Waals surface area contributed by atoms with E-state index in [1.165, 1.54) is 0 Å². The lowest BCUT2D eigenvalue weighted by molar-refractivity contribution is -0.275. The van der Waals surface area contributed by atoms with Gasteiger partial charge >= 0.3 is 0 Å². The van der Waals surface area contributed by atoms with Crippen molar-refractivity contribution in [3.05, 3.63) is 66.8 Å². The van der Waals surface area contributed by atoms with Gasteiger partial charge < -0.3 is 9.47 Å². The second kappa shape index (κ2) is 7.01. The Kier molecular flexibility index (Phi) is 5.34. The predicted molar refractivity (Wildman–Crippen MR) is 110 cm³/mol. The molecule has 1 aliphatic rings. The Hall–Kier alpha value is -0.510. The van der Waals surface area contributed by atoms with Gasteiger partial charge in [-0.25, -0.2) is 0 Å². The fraction of sp³-hybridized carbons (Fsp3) is 0.316. The Balaban J connectivity index is 2.03. The Morgan fingerprint density at radius 3 is 1.83 bits per heavy atom. The van der Waals surface area contributed by atoms with Crippen LogP contribution in [0.5, 0.6) is 0 Å². The van der Waals surface area contributed by atoms with Gasteiger partial charge in [-0.3, -0.25) is 4.79 Å². The van der Waals surface area contributed by atoms with Crippen molar-refractivity contribution < 1.29 is 14.3 Å². The number of hydrogen-bond acceptors (Lipinski definition) is 3. The van der Waals surface area contributed by atoms with Gasteiger partial charge in [0.1, 0.15) is 0 Å². The summed E-state index contributed by atoms with van der Waals surface area (Å²) in [6, 6.07) is 15.2. The molecule has 0 saturated carbocycles. The minimum Gasteiger partial charge on any atom is -0.339 e. The zero-order valence-corrected chi connectivity index (χ0v) is 17.8. The average molecular weight is 548 g/mol. The summed E-state index contributed by atoms with van der Waals surface area (Å²) >= 11 is 4.47. The van der Waals surface area contributed by atoms with Crippen molar-refractivity contribution in [2.45, 2.75) is 19.6 Å². The van der Waals surface area contributed by atoms with Gasteiger partial charge in [-0.1, -0.05) is 38.1 Å². The summed E-state index contributed by atoms with van der Waals surface area (Å²) in [6.07, 6.45) is 0. The molecule has 1 saturated heterocycles. The van der Waals surface area contributed by atoms with Crippen LogP contribution < -0.4 is 0 Å². The SMILES string of the molecule is CC1(C)COC(C(=O)c2ccc(I)cc2)(c2ccc(I)cc2)OC1. The molecule has 2 aromatic carbocycles. The lowest BCUT2D eigenvalue weighted by atomic mass is 9.90. The number of carbonyl (C=O) groups excluding carboxylic acids is 1. The summed E-state index contributed by atoms with van der Waals surface area (Å²) < 4.78 is 14.3.